The van der Waals surface area contributed by atoms with Gasteiger partial charge in [0.25, 0.3) is 5.56 Å². The van der Waals surface area contributed by atoms with Gasteiger partial charge in [-0.15, -0.1) is 6.58 Å². The molecule has 33 heavy (non-hydrogen) atoms. The zero-order valence-electron chi connectivity index (χ0n) is 18.6. The zero-order chi connectivity index (χ0) is 23.5. The van der Waals surface area contributed by atoms with E-state index in [0.29, 0.717) is 16.9 Å². The van der Waals surface area contributed by atoms with Crippen LogP contribution in [0.15, 0.2) is 59.2 Å². The first-order valence-electron chi connectivity index (χ1n) is 11.0. The summed E-state index contributed by atoms with van der Waals surface area (Å²) in [7, 11) is 0. The standard InChI is InChI=1S/C25H25N3O5/c1-4-12-27-17-9-7-6-8-16(17)25(24(27)31)19-18(33-21(26)20(25)23(30)32-5-2)13-14(3)28(22(19)29)15-10-11-15/h4,6-9,13,15H,1,5,10-12,26H2,2-3H3. The van der Waals surface area contributed by atoms with Gasteiger partial charge < -0.3 is 24.7 Å². The Hall–Kier alpha value is -3.81. The van der Waals surface area contributed by atoms with E-state index in [0.717, 1.165) is 12.8 Å². The number of aromatic nitrogens is 1. The van der Waals surface area contributed by atoms with E-state index in [4.69, 9.17) is 15.2 Å². The highest BCUT2D eigenvalue weighted by molar-refractivity contribution is 6.18. The molecule has 3 heterocycles. The molecule has 1 saturated carbocycles. The van der Waals surface area contributed by atoms with Crippen molar-refractivity contribution in [3.05, 3.63) is 81.6 Å². The van der Waals surface area contributed by atoms with Crippen LogP contribution in [-0.4, -0.2) is 29.6 Å². The summed E-state index contributed by atoms with van der Waals surface area (Å²) in [6.45, 7) is 7.53. The molecule has 8 nitrogen and oxygen atoms in total. The highest BCUT2D eigenvalue weighted by Crippen LogP contribution is 2.55. The molecule has 1 fully saturated rings. The van der Waals surface area contributed by atoms with Gasteiger partial charge in [0, 0.05) is 35.6 Å². The molecular formula is C25H25N3O5. The van der Waals surface area contributed by atoms with E-state index in [2.05, 4.69) is 6.58 Å². The number of nitrogens with zero attached hydrogens (tertiary/aromatic N) is 2. The summed E-state index contributed by atoms with van der Waals surface area (Å²) < 4.78 is 12.8. The van der Waals surface area contributed by atoms with E-state index in [1.807, 2.05) is 6.92 Å². The summed E-state index contributed by atoms with van der Waals surface area (Å²) in [6, 6.07) is 8.89. The third kappa shape index (κ3) is 2.73. The van der Waals surface area contributed by atoms with Gasteiger partial charge in [-0.25, -0.2) is 4.79 Å². The first kappa shape index (κ1) is 21.1. The molecule has 1 amide bonds. The van der Waals surface area contributed by atoms with Gasteiger partial charge in [0.1, 0.15) is 16.7 Å². The van der Waals surface area contributed by atoms with E-state index in [-0.39, 0.29) is 47.5 Å². The van der Waals surface area contributed by atoms with Gasteiger partial charge in [0.15, 0.2) is 0 Å². The number of nitrogens with two attached hydrogens (primary N) is 1. The average molecular weight is 447 g/mol. The lowest BCUT2D eigenvalue weighted by atomic mass is 9.68. The van der Waals surface area contributed by atoms with E-state index >= 15 is 0 Å². The fourth-order valence-electron chi connectivity index (χ4n) is 5.11. The van der Waals surface area contributed by atoms with Crippen molar-refractivity contribution in [2.24, 2.45) is 5.73 Å². The molecule has 0 bridgehead atoms. The number of carbonyl (C=O) groups is 2. The SMILES string of the molecule is C=CCN1C(=O)C2(C(C(=O)OCC)=C(N)Oc3cc(C)n(C4CC4)c(=O)c32)c2ccccc21. The van der Waals surface area contributed by atoms with Gasteiger partial charge in [-0.1, -0.05) is 24.3 Å². The predicted octanol–water partition coefficient (Wildman–Crippen LogP) is 2.44. The number of rotatable bonds is 5. The van der Waals surface area contributed by atoms with Gasteiger partial charge in [0.05, 0.1) is 12.2 Å². The highest BCUT2D eigenvalue weighted by Gasteiger charge is 2.62. The molecule has 8 heteroatoms. The number of esters is 1. The van der Waals surface area contributed by atoms with Crippen molar-refractivity contribution in [2.75, 3.05) is 18.1 Å². The molecule has 1 atom stereocenters. The number of hydrogen-bond donors (Lipinski definition) is 1. The van der Waals surface area contributed by atoms with E-state index in [9.17, 15) is 14.4 Å². The Kier molecular flexibility index (Phi) is 4.70. The number of hydrogen-bond acceptors (Lipinski definition) is 6. The Bertz CT molecular complexity index is 1300. The van der Waals surface area contributed by atoms with Crippen molar-refractivity contribution in [2.45, 2.75) is 38.1 Å². The summed E-state index contributed by atoms with van der Waals surface area (Å²) >= 11 is 0. The maximum Gasteiger partial charge on any atom is 0.341 e. The monoisotopic (exact) mass is 447 g/mol. The smallest absolute Gasteiger partial charge is 0.341 e. The van der Waals surface area contributed by atoms with Crippen LogP contribution in [0.5, 0.6) is 5.75 Å². The van der Waals surface area contributed by atoms with Crippen molar-refractivity contribution >= 4 is 17.6 Å². The fraction of sp³-hybridized carbons (Fsp3) is 0.320. The van der Waals surface area contributed by atoms with E-state index in [1.54, 1.807) is 47.9 Å². The van der Waals surface area contributed by atoms with Crippen molar-refractivity contribution < 1.29 is 19.1 Å². The molecule has 170 valence electrons. The van der Waals surface area contributed by atoms with Crippen LogP contribution in [0.4, 0.5) is 5.69 Å². The first-order chi connectivity index (χ1) is 15.9. The second kappa shape index (κ2) is 7.37. The lowest BCUT2D eigenvalue weighted by Crippen LogP contribution is -2.52. The van der Waals surface area contributed by atoms with Crippen LogP contribution in [0.25, 0.3) is 0 Å². The number of amides is 1. The highest BCUT2D eigenvalue weighted by atomic mass is 16.5. The number of pyridine rings is 1. The number of ether oxygens (including phenoxy) is 2. The number of fused-ring (bicyclic) bond motifs is 4. The summed E-state index contributed by atoms with van der Waals surface area (Å²) in [6.07, 6.45) is 3.36. The molecule has 2 N–H and O–H groups in total. The Morgan fingerprint density at radius 3 is 2.73 bits per heavy atom. The first-order valence-corrected chi connectivity index (χ1v) is 11.0. The maximum absolute atomic E-state index is 14.3. The van der Waals surface area contributed by atoms with Crippen molar-refractivity contribution in [3.63, 3.8) is 0 Å². The summed E-state index contributed by atoms with van der Waals surface area (Å²) in [4.78, 5) is 43.1. The summed E-state index contributed by atoms with van der Waals surface area (Å²) in [5.41, 5.74) is 5.89. The number of para-hydroxylation sites is 1. The third-order valence-corrected chi connectivity index (χ3v) is 6.48. The Morgan fingerprint density at radius 2 is 2.06 bits per heavy atom. The average Bonchev–Trinajstić information content (AvgIpc) is 3.57. The molecule has 1 aromatic heterocycles. The fourth-order valence-corrected chi connectivity index (χ4v) is 5.11. The van der Waals surface area contributed by atoms with Crippen LogP contribution < -0.4 is 20.9 Å². The van der Waals surface area contributed by atoms with Crippen LogP contribution in [-0.2, 0) is 19.7 Å². The Balaban J connectivity index is 1.93. The molecule has 3 aliphatic rings. The van der Waals surface area contributed by atoms with Gasteiger partial charge in [-0.05, 0) is 32.8 Å². The Labute approximate surface area is 190 Å². The lowest BCUT2D eigenvalue weighted by Gasteiger charge is -2.36. The summed E-state index contributed by atoms with van der Waals surface area (Å²) in [5, 5.41) is 0. The molecule has 1 spiro atoms. The molecule has 2 aromatic rings. The van der Waals surface area contributed by atoms with Gasteiger partial charge >= 0.3 is 5.97 Å². The lowest BCUT2D eigenvalue weighted by molar-refractivity contribution is -0.140. The molecule has 2 aliphatic heterocycles. The normalized spacial score (nSPS) is 21.0. The van der Waals surface area contributed by atoms with Crippen molar-refractivity contribution in [1.29, 1.82) is 0 Å². The molecule has 0 saturated heterocycles. The number of benzene rings is 1. The van der Waals surface area contributed by atoms with Gasteiger partial charge in [-0.2, -0.15) is 0 Å². The minimum Gasteiger partial charge on any atom is -0.462 e. The number of anilines is 1. The van der Waals surface area contributed by atoms with Crippen molar-refractivity contribution in [3.8, 4) is 5.75 Å². The molecule has 5 rings (SSSR count). The van der Waals surface area contributed by atoms with Crippen LogP contribution in [0.2, 0.25) is 0 Å². The Morgan fingerprint density at radius 1 is 1.33 bits per heavy atom. The van der Waals surface area contributed by atoms with Gasteiger partial charge in [0.2, 0.25) is 11.8 Å². The van der Waals surface area contributed by atoms with Crippen LogP contribution in [0, 0.1) is 6.92 Å². The van der Waals surface area contributed by atoms with Crippen LogP contribution in [0.3, 0.4) is 0 Å². The van der Waals surface area contributed by atoms with E-state index in [1.165, 1.54) is 4.90 Å². The zero-order valence-corrected chi connectivity index (χ0v) is 18.6. The predicted molar refractivity (Wildman–Crippen MR) is 122 cm³/mol. The van der Waals surface area contributed by atoms with E-state index < -0.39 is 17.3 Å². The molecule has 1 aromatic carbocycles. The third-order valence-electron chi connectivity index (χ3n) is 6.48. The molecule has 0 radical (unpaired) electrons. The molecule has 1 aliphatic carbocycles. The minimum atomic E-state index is -1.77. The second-order valence-corrected chi connectivity index (χ2v) is 8.46. The minimum absolute atomic E-state index is 0.0603. The quantitative estimate of drug-likeness (QED) is 0.558. The maximum atomic E-state index is 14.3. The van der Waals surface area contributed by atoms with Crippen LogP contribution in [0.1, 0.15) is 42.6 Å². The number of aryl methyl sites for hydroxylation is 1. The topological polar surface area (TPSA) is 104 Å². The van der Waals surface area contributed by atoms with Gasteiger partial charge in [-0.3, -0.25) is 9.59 Å². The molecule has 1 unspecified atom stereocenters. The number of carbonyl (C=O) groups excluding carboxylic acids is 2. The largest absolute Gasteiger partial charge is 0.462 e. The second-order valence-electron chi connectivity index (χ2n) is 8.46. The summed E-state index contributed by atoms with van der Waals surface area (Å²) in [5.74, 6) is -1.30. The molecular weight excluding hydrogens is 422 g/mol. The van der Waals surface area contributed by atoms with Crippen molar-refractivity contribution in [1.82, 2.24) is 4.57 Å². The van der Waals surface area contributed by atoms with Crippen LogP contribution >= 0.6 is 0 Å².